The number of anilines is 2. The number of benzene rings is 4. The Morgan fingerprint density at radius 3 is 2.14 bits per heavy atom. The van der Waals surface area contributed by atoms with E-state index in [0.717, 1.165) is 17.5 Å². The molecular weight excluding hydrogens is 548 g/mol. The summed E-state index contributed by atoms with van der Waals surface area (Å²) in [6, 6.07) is 31.8. The minimum absolute atomic E-state index is 0. The van der Waals surface area contributed by atoms with E-state index in [0.29, 0.717) is 41.2 Å². The molecule has 1 N–H and O–H groups in total. The largest absolute Gasteiger partial charge is 0.332 e. The Balaban J connectivity index is 0.00000353. The molecule has 2 aliphatic heterocycles. The fourth-order valence-corrected chi connectivity index (χ4v) is 5.83. The van der Waals surface area contributed by atoms with Crippen molar-refractivity contribution in [2.75, 3.05) is 37.4 Å². The molecule has 2 unspecified atom stereocenters. The van der Waals surface area contributed by atoms with Crippen molar-refractivity contribution >= 4 is 41.5 Å². The highest BCUT2D eigenvalue weighted by atomic mass is 35.5. The van der Waals surface area contributed by atoms with E-state index in [1.165, 1.54) is 0 Å². The number of fused-ring (bicyclic) bond motifs is 2. The molecule has 42 heavy (non-hydrogen) atoms. The number of hydrogen-bond donors (Lipinski definition) is 1. The zero-order chi connectivity index (χ0) is 28.5. The second kappa shape index (κ2) is 12.2. The van der Waals surface area contributed by atoms with E-state index < -0.39 is 0 Å². The van der Waals surface area contributed by atoms with Crippen molar-refractivity contribution in [3.05, 3.63) is 120 Å². The van der Waals surface area contributed by atoms with Gasteiger partial charge >= 0.3 is 0 Å². The Morgan fingerprint density at radius 2 is 1.43 bits per heavy atom. The number of carbonyl (C=O) groups excluding carboxylic acids is 3. The number of carbonyl (C=O) groups is 3. The van der Waals surface area contributed by atoms with Gasteiger partial charge < -0.3 is 20.0 Å². The van der Waals surface area contributed by atoms with Crippen LogP contribution in [0.15, 0.2) is 103 Å². The molecule has 7 nitrogen and oxygen atoms in total. The monoisotopic (exact) mass is 580 g/mol. The zero-order valence-corrected chi connectivity index (χ0v) is 24.4. The van der Waals surface area contributed by atoms with Crippen LogP contribution in [0.4, 0.5) is 11.4 Å². The third kappa shape index (κ3) is 5.53. The maximum atomic E-state index is 13.9. The summed E-state index contributed by atoms with van der Waals surface area (Å²) >= 11 is 0. The van der Waals surface area contributed by atoms with Crippen molar-refractivity contribution in [1.29, 1.82) is 0 Å². The van der Waals surface area contributed by atoms with Gasteiger partial charge in [0.25, 0.3) is 17.7 Å². The van der Waals surface area contributed by atoms with Crippen LogP contribution in [0.3, 0.4) is 0 Å². The molecule has 2 heterocycles. The van der Waals surface area contributed by atoms with E-state index in [-0.39, 0.29) is 42.2 Å². The van der Waals surface area contributed by atoms with Crippen molar-refractivity contribution in [2.24, 2.45) is 0 Å². The van der Waals surface area contributed by atoms with Crippen molar-refractivity contribution in [3.63, 3.8) is 0 Å². The normalized spacial score (nSPS) is 17.6. The number of hydrogen-bond acceptors (Lipinski definition) is 4. The third-order valence-corrected chi connectivity index (χ3v) is 8.09. The molecule has 6 rings (SSSR count). The van der Waals surface area contributed by atoms with Crippen LogP contribution in [0.2, 0.25) is 0 Å². The average Bonchev–Trinajstić information content (AvgIpc) is 3.40. The first-order valence-corrected chi connectivity index (χ1v) is 13.8. The molecule has 2 aliphatic rings. The molecule has 1 fully saturated rings. The highest BCUT2D eigenvalue weighted by Gasteiger charge is 2.42. The SMILES string of the molecule is CN(C)C1CC2CN(C(=O)c3ccc(NC(=O)c4ccccc4-c4ccccc4)cc3)c3ccccc3C(=O)N2C1.Cl. The van der Waals surface area contributed by atoms with Gasteiger partial charge in [-0.05, 0) is 74.1 Å². The minimum Gasteiger partial charge on any atom is -0.332 e. The molecule has 2 atom stereocenters. The van der Waals surface area contributed by atoms with Gasteiger partial charge in [0.1, 0.15) is 0 Å². The maximum absolute atomic E-state index is 13.9. The van der Waals surface area contributed by atoms with Gasteiger partial charge in [-0.25, -0.2) is 0 Å². The second-order valence-electron chi connectivity index (χ2n) is 10.8. The Labute approximate surface area is 252 Å². The zero-order valence-electron chi connectivity index (χ0n) is 23.6. The molecule has 4 aromatic carbocycles. The Bertz CT molecular complexity index is 1610. The van der Waals surface area contributed by atoms with Crippen LogP contribution in [0.25, 0.3) is 11.1 Å². The van der Waals surface area contributed by atoms with Gasteiger partial charge in [-0.1, -0.05) is 60.7 Å². The maximum Gasteiger partial charge on any atom is 0.258 e. The van der Waals surface area contributed by atoms with Gasteiger partial charge in [-0.2, -0.15) is 0 Å². The number of halogens is 1. The predicted molar refractivity (Wildman–Crippen MR) is 169 cm³/mol. The summed E-state index contributed by atoms with van der Waals surface area (Å²) in [7, 11) is 4.05. The quantitative estimate of drug-likeness (QED) is 0.322. The van der Waals surface area contributed by atoms with Crippen LogP contribution >= 0.6 is 12.4 Å². The van der Waals surface area contributed by atoms with Gasteiger partial charge in [0.2, 0.25) is 0 Å². The van der Waals surface area contributed by atoms with E-state index in [9.17, 15) is 14.4 Å². The number of rotatable bonds is 5. The smallest absolute Gasteiger partial charge is 0.258 e. The lowest BCUT2D eigenvalue weighted by molar-refractivity contribution is 0.0737. The lowest BCUT2D eigenvalue weighted by Crippen LogP contribution is -2.42. The summed E-state index contributed by atoms with van der Waals surface area (Å²) in [5.74, 6) is -0.424. The molecule has 1 saturated heterocycles. The van der Waals surface area contributed by atoms with Crippen LogP contribution in [0.5, 0.6) is 0 Å². The molecule has 0 radical (unpaired) electrons. The summed E-state index contributed by atoms with van der Waals surface area (Å²) in [4.78, 5) is 46.4. The van der Waals surface area contributed by atoms with Crippen molar-refractivity contribution in [3.8, 4) is 11.1 Å². The summed E-state index contributed by atoms with van der Waals surface area (Å²) in [5.41, 5.74) is 4.65. The van der Waals surface area contributed by atoms with Crippen LogP contribution < -0.4 is 10.2 Å². The summed E-state index contributed by atoms with van der Waals surface area (Å²) < 4.78 is 0. The topological polar surface area (TPSA) is 73.0 Å². The average molecular weight is 581 g/mol. The molecule has 214 valence electrons. The fraction of sp³-hybridized carbons (Fsp3) is 0.206. The number of para-hydroxylation sites is 1. The van der Waals surface area contributed by atoms with Gasteiger partial charge in [0, 0.05) is 35.9 Å². The molecule has 0 aromatic heterocycles. The summed E-state index contributed by atoms with van der Waals surface area (Å²) in [6.45, 7) is 1.08. The van der Waals surface area contributed by atoms with Crippen LogP contribution in [-0.2, 0) is 0 Å². The first kappa shape index (κ1) is 29.0. The third-order valence-electron chi connectivity index (χ3n) is 8.09. The van der Waals surface area contributed by atoms with Gasteiger partial charge in [-0.3, -0.25) is 14.4 Å². The van der Waals surface area contributed by atoms with Crippen LogP contribution in [0, 0.1) is 0 Å². The lowest BCUT2D eigenvalue weighted by atomic mass is 9.99. The van der Waals surface area contributed by atoms with E-state index in [1.807, 2.05) is 85.7 Å². The van der Waals surface area contributed by atoms with E-state index in [2.05, 4.69) is 10.2 Å². The highest BCUT2D eigenvalue weighted by molar-refractivity contribution is 6.12. The van der Waals surface area contributed by atoms with E-state index >= 15 is 0 Å². The number of nitrogens with one attached hydrogen (secondary N) is 1. The fourth-order valence-electron chi connectivity index (χ4n) is 5.83. The Hall–Kier alpha value is -4.46. The molecule has 0 spiro atoms. The van der Waals surface area contributed by atoms with Crippen LogP contribution in [0.1, 0.15) is 37.5 Å². The molecule has 0 bridgehead atoms. The van der Waals surface area contributed by atoms with E-state index in [4.69, 9.17) is 0 Å². The summed E-state index contributed by atoms with van der Waals surface area (Å²) in [5, 5.41) is 2.97. The first-order valence-electron chi connectivity index (χ1n) is 13.8. The Kier molecular flexibility index (Phi) is 8.43. The van der Waals surface area contributed by atoms with E-state index in [1.54, 1.807) is 41.3 Å². The standard InChI is InChI=1S/C34H32N4O3.ClH/c1-36(2)26-20-27-22-38(31-15-9-8-14-30(31)34(41)37(27)21-26)33(40)24-16-18-25(19-17-24)35-32(39)29-13-7-6-12-28(29)23-10-4-3-5-11-23;/h3-19,26-27H,20-22H2,1-2H3,(H,35,39);1H. The highest BCUT2D eigenvalue weighted by Crippen LogP contribution is 2.34. The van der Waals surface area contributed by atoms with Gasteiger partial charge in [0.15, 0.2) is 0 Å². The Morgan fingerprint density at radius 1 is 0.786 bits per heavy atom. The number of amides is 3. The first-order chi connectivity index (χ1) is 19.9. The molecule has 0 saturated carbocycles. The molecule has 0 aliphatic carbocycles. The van der Waals surface area contributed by atoms with Gasteiger partial charge in [0.05, 0.1) is 17.3 Å². The number of nitrogens with zero attached hydrogens (tertiary/aromatic N) is 3. The lowest BCUT2D eigenvalue weighted by Gasteiger charge is -2.26. The molecular formula is C34H33ClN4O3. The minimum atomic E-state index is -0.222. The van der Waals surface area contributed by atoms with Crippen molar-refractivity contribution < 1.29 is 14.4 Å². The molecule has 4 aromatic rings. The second-order valence-corrected chi connectivity index (χ2v) is 10.8. The summed E-state index contributed by atoms with van der Waals surface area (Å²) in [6.07, 6.45) is 0.811. The van der Waals surface area contributed by atoms with Crippen molar-refractivity contribution in [2.45, 2.75) is 18.5 Å². The van der Waals surface area contributed by atoms with Crippen LogP contribution in [-0.4, -0.2) is 66.8 Å². The predicted octanol–water partition coefficient (Wildman–Crippen LogP) is 5.83. The van der Waals surface area contributed by atoms with Crippen molar-refractivity contribution in [1.82, 2.24) is 9.80 Å². The molecule has 3 amide bonds. The van der Waals surface area contributed by atoms with Gasteiger partial charge in [-0.15, -0.1) is 12.4 Å². The number of likely N-dealkylation sites (N-methyl/N-ethyl adjacent to an activating group) is 1. The molecule has 8 heteroatoms.